The van der Waals surface area contributed by atoms with Gasteiger partial charge in [0.05, 0.1) is 4.99 Å². The fraction of sp³-hybridized carbons (Fsp3) is 0.833. The predicted molar refractivity (Wildman–Crippen MR) is 77.2 cm³/mol. The van der Waals surface area contributed by atoms with E-state index >= 15 is 0 Å². The first kappa shape index (κ1) is 15.3. The van der Waals surface area contributed by atoms with Crippen LogP contribution in [-0.4, -0.2) is 37.1 Å². The second-order valence-corrected chi connectivity index (χ2v) is 5.32. The Labute approximate surface area is 114 Å². The van der Waals surface area contributed by atoms with E-state index in [1.165, 1.54) is 0 Å². The van der Waals surface area contributed by atoms with Crippen molar-refractivity contribution in [3.63, 3.8) is 0 Å². The van der Waals surface area contributed by atoms with Crippen LogP contribution in [0.3, 0.4) is 0 Å². The average molecular weight is 272 g/mol. The zero-order chi connectivity index (χ0) is 13.4. The molecule has 0 aromatic heterocycles. The van der Waals surface area contributed by atoms with Gasteiger partial charge in [-0.3, -0.25) is 4.79 Å². The molecule has 2 fully saturated rings. The highest BCUT2D eigenvalue weighted by Crippen LogP contribution is 2.10. The first-order valence-electron chi connectivity index (χ1n) is 6.61. The number of thiocarbonyl (C=S) groups is 1. The van der Waals surface area contributed by atoms with Gasteiger partial charge in [-0.1, -0.05) is 12.2 Å². The lowest BCUT2D eigenvalue weighted by Crippen LogP contribution is -2.34. The Kier molecular flexibility index (Phi) is 7.15. The second-order valence-electron chi connectivity index (χ2n) is 4.85. The van der Waals surface area contributed by atoms with E-state index in [0.29, 0.717) is 10.9 Å². The topological polar surface area (TPSA) is 93.2 Å². The predicted octanol–water partition coefficient (Wildman–Crippen LogP) is -0.257. The number of carbonyl (C=O) groups is 1. The van der Waals surface area contributed by atoms with Gasteiger partial charge in [-0.2, -0.15) is 0 Å². The molecule has 6 N–H and O–H groups in total. The third-order valence-corrected chi connectivity index (χ3v) is 3.82. The number of hydrogen-bond donors (Lipinski definition) is 4. The molecule has 0 bridgehead atoms. The van der Waals surface area contributed by atoms with E-state index in [1.807, 2.05) is 0 Å². The summed E-state index contributed by atoms with van der Waals surface area (Å²) in [7, 11) is 0. The summed E-state index contributed by atoms with van der Waals surface area (Å²) in [5.41, 5.74) is 10.6. The van der Waals surface area contributed by atoms with Gasteiger partial charge in [0.25, 0.3) is 0 Å². The maximum Gasteiger partial charge on any atom is 0.220 e. The molecule has 0 spiro atoms. The lowest BCUT2D eigenvalue weighted by atomic mass is 9.98. The SMILES string of the molecule is NC(=O)C1CCNCC1.NC(=S)C1CCNCC1. The molecule has 2 aliphatic rings. The van der Waals surface area contributed by atoms with E-state index in [4.69, 9.17) is 23.7 Å². The van der Waals surface area contributed by atoms with Crippen molar-refractivity contribution in [1.29, 1.82) is 0 Å². The Morgan fingerprint density at radius 3 is 1.50 bits per heavy atom. The number of rotatable bonds is 2. The zero-order valence-electron chi connectivity index (χ0n) is 10.8. The van der Waals surface area contributed by atoms with E-state index in [0.717, 1.165) is 51.9 Å². The summed E-state index contributed by atoms with van der Waals surface area (Å²) < 4.78 is 0. The number of nitrogens with one attached hydrogen (secondary N) is 2. The highest BCUT2D eigenvalue weighted by molar-refractivity contribution is 7.80. The molecule has 0 aromatic rings. The first-order valence-corrected chi connectivity index (χ1v) is 7.02. The fourth-order valence-electron chi connectivity index (χ4n) is 2.21. The van der Waals surface area contributed by atoms with Crippen LogP contribution in [-0.2, 0) is 4.79 Å². The number of nitrogens with two attached hydrogens (primary N) is 2. The van der Waals surface area contributed by atoms with Crippen LogP contribution >= 0.6 is 12.2 Å². The number of carbonyl (C=O) groups excluding carboxylic acids is 1. The molecular formula is C12H24N4OS. The minimum absolute atomic E-state index is 0.131. The van der Waals surface area contributed by atoms with Gasteiger partial charge in [0.2, 0.25) is 5.91 Å². The molecule has 2 aliphatic heterocycles. The molecule has 2 saturated heterocycles. The van der Waals surface area contributed by atoms with E-state index in [9.17, 15) is 4.79 Å². The van der Waals surface area contributed by atoms with Gasteiger partial charge in [0.1, 0.15) is 0 Å². The van der Waals surface area contributed by atoms with E-state index < -0.39 is 0 Å². The Hall–Kier alpha value is -0.720. The van der Waals surface area contributed by atoms with Crippen molar-refractivity contribution in [3.8, 4) is 0 Å². The largest absolute Gasteiger partial charge is 0.393 e. The molecule has 1 amide bonds. The Bertz CT molecular complexity index is 245. The van der Waals surface area contributed by atoms with Gasteiger partial charge in [0, 0.05) is 11.8 Å². The summed E-state index contributed by atoms with van der Waals surface area (Å²) in [6.07, 6.45) is 4.06. The molecule has 18 heavy (non-hydrogen) atoms. The number of amides is 1. The minimum Gasteiger partial charge on any atom is -0.393 e. The summed E-state index contributed by atoms with van der Waals surface area (Å²) >= 11 is 4.87. The lowest BCUT2D eigenvalue weighted by molar-refractivity contribution is -0.122. The van der Waals surface area contributed by atoms with Gasteiger partial charge in [-0.15, -0.1) is 0 Å². The highest BCUT2D eigenvalue weighted by Gasteiger charge is 2.17. The maximum absolute atomic E-state index is 10.5. The Balaban J connectivity index is 0.000000180. The summed E-state index contributed by atoms with van der Waals surface area (Å²) in [5.74, 6) is 0.490. The quantitative estimate of drug-likeness (QED) is 0.520. The number of hydrogen-bond acceptors (Lipinski definition) is 4. The van der Waals surface area contributed by atoms with Crippen LogP contribution in [0.1, 0.15) is 25.7 Å². The molecule has 5 nitrogen and oxygen atoms in total. The van der Waals surface area contributed by atoms with Crippen molar-refractivity contribution < 1.29 is 4.79 Å². The molecule has 0 saturated carbocycles. The normalized spacial score (nSPS) is 21.8. The number of primary amides is 1. The molecule has 0 atom stereocenters. The molecular weight excluding hydrogens is 248 g/mol. The van der Waals surface area contributed by atoms with Crippen molar-refractivity contribution in [2.24, 2.45) is 23.3 Å². The molecule has 2 heterocycles. The van der Waals surface area contributed by atoms with Gasteiger partial charge in [-0.05, 0) is 51.9 Å². The molecule has 0 unspecified atom stereocenters. The van der Waals surface area contributed by atoms with E-state index in [-0.39, 0.29) is 11.8 Å². The lowest BCUT2D eigenvalue weighted by Gasteiger charge is -2.20. The van der Waals surface area contributed by atoms with Gasteiger partial charge in [0.15, 0.2) is 0 Å². The highest BCUT2D eigenvalue weighted by atomic mass is 32.1. The Morgan fingerprint density at radius 1 is 0.889 bits per heavy atom. The monoisotopic (exact) mass is 272 g/mol. The van der Waals surface area contributed by atoms with Crippen molar-refractivity contribution in [2.45, 2.75) is 25.7 Å². The molecule has 0 aromatic carbocycles. The van der Waals surface area contributed by atoms with Crippen molar-refractivity contribution in [3.05, 3.63) is 0 Å². The third kappa shape index (κ3) is 5.75. The second kappa shape index (κ2) is 8.39. The minimum atomic E-state index is -0.142. The zero-order valence-corrected chi connectivity index (χ0v) is 11.6. The molecule has 104 valence electrons. The summed E-state index contributed by atoms with van der Waals surface area (Å²) in [6.45, 7) is 4.02. The van der Waals surface area contributed by atoms with Crippen LogP contribution in [0.2, 0.25) is 0 Å². The van der Waals surface area contributed by atoms with Crippen molar-refractivity contribution >= 4 is 23.1 Å². The molecule has 0 aliphatic carbocycles. The van der Waals surface area contributed by atoms with Gasteiger partial charge >= 0.3 is 0 Å². The molecule has 6 heteroatoms. The van der Waals surface area contributed by atoms with E-state index in [1.54, 1.807) is 0 Å². The van der Waals surface area contributed by atoms with Crippen molar-refractivity contribution in [1.82, 2.24) is 10.6 Å². The van der Waals surface area contributed by atoms with Crippen LogP contribution in [0.4, 0.5) is 0 Å². The molecule has 2 rings (SSSR count). The average Bonchev–Trinajstić information content (AvgIpc) is 2.41. The molecule has 0 radical (unpaired) electrons. The summed E-state index contributed by atoms with van der Waals surface area (Å²) in [4.78, 5) is 11.2. The van der Waals surface area contributed by atoms with E-state index in [2.05, 4.69) is 10.6 Å². The first-order chi connectivity index (χ1) is 8.61. The fourth-order valence-corrected chi connectivity index (χ4v) is 2.45. The third-order valence-electron chi connectivity index (χ3n) is 3.48. The van der Waals surface area contributed by atoms with Crippen LogP contribution in [0.15, 0.2) is 0 Å². The smallest absolute Gasteiger partial charge is 0.220 e. The summed E-state index contributed by atoms with van der Waals surface area (Å²) in [6, 6.07) is 0. The summed E-state index contributed by atoms with van der Waals surface area (Å²) in [5, 5.41) is 6.42. The van der Waals surface area contributed by atoms with Gasteiger partial charge < -0.3 is 22.1 Å². The van der Waals surface area contributed by atoms with Crippen molar-refractivity contribution in [2.75, 3.05) is 26.2 Å². The maximum atomic E-state index is 10.5. The van der Waals surface area contributed by atoms with Crippen LogP contribution in [0, 0.1) is 11.8 Å². The number of piperidine rings is 2. The van der Waals surface area contributed by atoms with Gasteiger partial charge in [-0.25, -0.2) is 0 Å². The Morgan fingerprint density at radius 2 is 1.28 bits per heavy atom. The van der Waals surface area contributed by atoms with Crippen LogP contribution in [0.25, 0.3) is 0 Å². The van der Waals surface area contributed by atoms with Crippen LogP contribution in [0.5, 0.6) is 0 Å². The standard InChI is InChI=1S/C6H12N2O.C6H12N2S/c2*7-6(9)5-1-3-8-4-2-5/h2*5,8H,1-4H2,(H2,7,9). The van der Waals surface area contributed by atoms with Crippen LogP contribution < -0.4 is 22.1 Å².